The predicted octanol–water partition coefficient (Wildman–Crippen LogP) is 0.539. The fourth-order valence-electron chi connectivity index (χ4n) is 2.22. The molecule has 0 aromatic carbocycles. The summed E-state index contributed by atoms with van der Waals surface area (Å²) in [7, 11) is 2.12. The van der Waals surface area contributed by atoms with Gasteiger partial charge in [0, 0.05) is 19.1 Å². The van der Waals surface area contributed by atoms with Gasteiger partial charge in [-0.3, -0.25) is 4.79 Å². The fourth-order valence-corrected chi connectivity index (χ4v) is 2.22. The van der Waals surface area contributed by atoms with Gasteiger partial charge in [0.05, 0.1) is 6.54 Å². The van der Waals surface area contributed by atoms with Crippen LogP contribution in [-0.4, -0.2) is 61.5 Å². The summed E-state index contributed by atoms with van der Waals surface area (Å²) < 4.78 is 0. The monoisotopic (exact) mass is 227 g/mol. The third-order valence-corrected chi connectivity index (χ3v) is 3.07. The average molecular weight is 227 g/mol. The Hall–Kier alpha value is -0.610. The first-order valence-corrected chi connectivity index (χ1v) is 6.34. The molecule has 4 nitrogen and oxygen atoms in total. The second-order valence-corrected chi connectivity index (χ2v) is 4.73. The molecule has 0 bridgehead atoms. The quantitative estimate of drug-likeness (QED) is 0.712. The van der Waals surface area contributed by atoms with E-state index in [0.717, 1.165) is 39.0 Å². The molecule has 0 saturated carbocycles. The van der Waals surface area contributed by atoms with Gasteiger partial charge in [-0.2, -0.15) is 0 Å². The van der Waals surface area contributed by atoms with Crippen LogP contribution < -0.4 is 5.32 Å². The molecule has 1 rings (SSSR count). The lowest BCUT2D eigenvalue weighted by Gasteiger charge is -2.28. The molecule has 0 radical (unpaired) electrons. The SMILES string of the molecule is CCCNCC(=O)N1CCCN(C)CC1C. The van der Waals surface area contributed by atoms with Crippen LogP contribution in [0.1, 0.15) is 26.7 Å². The molecule has 1 fully saturated rings. The van der Waals surface area contributed by atoms with Crippen molar-refractivity contribution in [2.75, 3.05) is 39.8 Å². The molecule has 4 heteroatoms. The summed E-state index contributed by atoms with van der Waals surface area (Å²) in [5.74, 6) is 0.247. The molecule has 16 heavy (non-hydrogen) atoms. The molecule has 1 aliphatic heterocycles. The molecule has 1 heterocycles. The molecule has 0 aliphatic carbocycles. The summed E-state index contributed by atoms with van der Waals surface area (Å²) in [4.78, 5) is 16.3. The van der Waals surface area contributed by atoms with E-state index in [1.165, 1.54) is 0 Å². The van der Waals surface area contributed by atoms with Gasteiger partial charge in [0.2, 0.25) is 5.91 Å². The van der Waals surface area contributed by atoms with Crippen molar-refractivity contribution in [3.63, 3.8) is 0 Å². The Morgan fingerprint density at radius 2 is 2.19 bits per heavy atom. The minimum atomic E-state index is 0.247. The van der Waals surface area contributed by atoms with Crippen LogP contribution in [0, 0.1) is 0 Å². The minimum Gasteiger partial charge on any atom is -0.338 e. The highest BCUT2D eigenvalue weighted by molar-refractivity contribution is 5.78. The van der Waals surface area contributed by atoms with Crippen LogP contribution in [0.5, 0.6) is 0 Å². The first-order chi connectivity index (χ1) is 7.65. The van der Waals surface area contributed by atoms with Crippen LogP contribution >= 0.6 is 0 Å². The lowest BCUT2D eigenvalue weighted by Crippen LogP contribution is -2.45. The Labute approximate surface area is 99.0 Å². The molecule has 1 unspecified atom stereocenters. The Kier molecular flexibility index (Phi) is 5.77. The Morgan fingerprint density at radius 1 is 1.44 bits per heavy atom. The zero-order valence-electron chi connectivity index (χ0n) is 10.8. The minimum absolute atomic E-state index is 0.247. The maximum atomic E-state index is 12.0. The lowest BCUT2D eigenvalue weighted by molar-refractivity contribution is -0.132. The van der Waals surface area contributed by atoms with Crippen molar-refractivity contribution in [2.24, 2.45) is 0 Å². The Morgan fingerprint density at radius 3 is 2.88 bits per heavy atom. The highest BCUT2D eigenvalue weighted by atomic mass is 16.2. The van der Waals surface area contributed by atoms with Gasteiger partial charge in [-0.15, -0.1) is 0 Å². The number of rotatable bonds is 4. The van der Waals surface area contributed by atoms with E-state index in [4.69, 9.17) is 0 Å². The van der Waals surface area contributed by atoms with E-state index in [9.17, 15) is 4.79 Å². The summed E-state index contributed by atoms with van der Waals surface area (Å²) in [5.41, 5.74) is 0. The van der Waals surface area contributed by atoms with E-state index in [1.807, 2.05) is 4.90 Å². The molecular formula is C12H25N3O. The molecule has 1 atom stereocenters. The van der Waals surface area contributed by atoms with E-state index in [0.29, 0.717) is 12.6 Å². The number of likely N-dealkylation sites (N-methyl/N-ethyl adjacent to an activating group) is 1. The van der Waals surface area contributed by atoms with Crippen molar-refractivity contribution in [1.29, 1.82) is 0 Å². The van der Waals surface area contributed by atoms with Gasteiger partial charge in [-0.1, -0.05) is 6.92 Å². The zero-order chi connectivity index (χ0) is 12.0. The third-order valence-electron chi connectivity index (χ3n) is 3.07. The van der Waals surface area contributed by atoms with Gasteiger partial charge in [-0.25, -0.2) is 0 Å². The smallest absolute Gasteiger partial charge is 0.236 e. The summed E-state index contributed by atoms with van der Waals surface area (Å²) in [6.45, 7) is 8.64. The Balaban J connectivity index is 2.40. The number of hydrogen-bond donors (Lipinski definition) is 1. The fraction of sp³-hybridized carbons (Fsp3) is 0.917. The first-order valence-electron chi connectivity index (χ1n) is 6.34. The maximum absolute atomic E-state index is 12.0. The molecule has 1 N–H and O–H groups in total. The van der Waals surface area contributed by atoms with E-state index in [1.54, 1.807) is 0 Å². The van der Waals surface area contributed by atoms with Gasteiger partial charge in [-0.05, 0) is 39.9 Å². The van der Waals surface area contributed by atoms with Crippen LogP contribution in [-0.2, 0) is 4.79 Å². The normalized spacial score (nSPS) is 23.2. The van der Waals surface area contributed by atoms with E-state index >= 15 is 0 Å². The number of hydrogen-bond acceptors (Lipinski definition) is 3. The number of nitrogens with one attached hydrogen (secondary N) is 1. The largest absolute Gasteiger partial charge is 0.338 e. The third kappa shape index (κ3) is 4.10. The highest BCUT2D eigenvalue weighted by Gasteiger charge is 2.23. The first kappa shape index (κ1) is 13.5. The zero-order valence-corrected chi connectivity index (χ0v) is 10.8. The summed E-state index contributed by atoms with van der Waals surface area (Å²) in [5, 5.41) is 3.18. The standard InChI is InChI=1S/C12H25N3O/c1-4-6-13-9-12(16)15-8-5-7-14(3)10-11(15)2/h11,13H,4-10H2,1-3H3. The molecule has 0 aromatic rings. The van der Waals surface area contributed by atoms with E-state index in [2.05, 4.69) is 31.1 Å². The number of nitrogens with zero attached hydrogens (tertiary/aromatic N) is 2. The second kappa shape index (κ2) is 6.86. The topological polar surface area (TPSA) is 35.6 Å². The molecule has 1 saturated heterocycles. The maximum Gasteiger partial charge on any atom is 0.236 e. The van der Waals surface area contributed by atoms with Gasteiger partial charge in [0.25, 0.3) is 0 Å². The Bertz CT molecular complexity index is 220. The van der Waals surface area contributed by atoms with Crippen molar-refractivity contribution >= 4 is 5.91 Å². The van der Waals surface area contributed by atoms with Crippen molar-refractivity contribution in [3.05, 3.63) is 0 Å². The molecule has 94 valence electrons. The number of amides is 1. The van der Waals surface area contributed by atoms with Crippen LogP contribution in [0.25, 0.3) is 0 Å². The highest BCUT2D eigenvalue weighted by Crippen LogP contribution is 2.08. The molecule has 1 aliphatic rings. The van der Waals surface area contributed by atoms with Gasteiger partial charge < -0.3 is 15.1 Å². The van der Waals surface area contributed by atoms with Gasteiger partial charge in [0.15, 0.2) is 0 Å². The van der Waals surface area contributed by atoms with Crippen molar-refractivity contribution in [1.82, 2.24) is 15.1 Å². The molecular weight excluding hydrogens is 202 g/mol. The summed E-state index contributed by atoms with van der Waals surface area (Å²) in [6.07, 6.45) is 2.16. The lowest BCUT2D eigenvalue weighted by atomic mass is 10.2. The van der Waals surface area contributed by atoms with Crippen LogP contribution in [0.4, 0.5) is 0 Å². The molecule has 0 spiro atoms. The van der Waals surface area contributed by atoms with Gasteiger partial charge >= 0.3 is 0 Å². The van der Waals surface area contributed by atoms with Crippen molar-refractivity contribution in [3.8, 4) is 0 Å². The number of carbonyl (C=O) groups is 1. The second-order valence-electron chi connectivity index (χ2n) is 4.73. The van der Waals surface area contributed by atoms with E-state index < -0.39 is 0 Å². The van der Waals surface area contributed by atoms with Crippen LogP contribution in [0.2, 0.25) is 0 Å². The summed E-state index contributed by atoms with van der Waals surface area (Å²) in [6, 6.07) is 0.337. The molecule has 0 aromatic heterocycles. The molecule has 1 amide bonds. The van der Waals surface area contributed by atoms with Crippen molar-refractivity contribution in [2.45, 2.75) is 32.7 Å². The van der Waals surface area contributed by atoms with E-state index in [-0.39, 0.29) is 5.91 Å². The summed E-state index contributed by atoms with van der Waals surface area (Å²) >= 11 is 0. The van der Waals surface area contributed by atoms with Crippen LogP contribution in [0.3, 0.4) is 0 Å². The average Bonchev–Trinajstić information content (AvgIpc) is 2.39. The predicted molar refractivity (Wildman–Crippen MR) is 66.4 cm³/mol. The van der Waals surface area contributed by atoms with Gasteiger partial charge in [0.1, 0.15) is 0 Å². The van der Waals surface area contributed by atoms with Crippen molar-refractivity contribution < 1.29 is 4.79 Å². The van der Waals surface area contributed by atoms with Crippen LogP contribution in [0.15, 0.2) is 0 Å². The number of carbonyl (C=O) groups excluding carboxylic acids is 1.